The van der Waals surface area contributed by atoms with Crippen LogP contribution in [0, 0.1) is 17.8 Å². The minimum absolute atomic E-state index is 0.0311. The molecule has 0 saturated heterocycles. The van der Waals surface area contributed by atoms with Gasteiger partial charge >= 0.3 is 0 Å². The Balaban J connectivity index is 2.05. The number of amides is 9. The Hall–Kier alpha value is -7.27. The second kappa shape index (κ2) is 42.7. The molecule has 3 aromatic carbocycles. The monoisotopic (exact) mass is 1270 g/mol. The highest BCUT2D eigenvalue weighted by Crippen LogP contribution is 2.25. The molecule has 506 valence electrons. The zero-order chi connectivity index (χ0) is 67.4. The Kier molecular flexibility index (Phi) is 36.6. The van der Waals surface area contributed by atoms with Crippen molar-refractivity contribution in [3.8, 4) is 0 Å². The van der Waals surface area contributed by atoms with Crippen LogP contribution in [-0.2, 0) is 43.2 Å². The molecule has 0 aliphatic rings. The maximum Gasteiger partial charge on any atom is 0.243 e. The Morgan fingerprint density at radius 3 is 0.923 bits per heavy atom. The van der Waals surface area contributed by atoms with Crippen LogP contribution >= 0.6 is 0 Å². The molecule has 0 radical (unpaired) electrons. The third-order valence-corrected chi connectivity index (χ3v) is 16.3. The van der Waals surface area contributed by atoms with Crippen LogP contribution in [0.25, 0.3) is 0 Å². The van der Waals surface area contributed by atoms with Crippen molar-refractivity contribution in [1.29, 1.82) is 0 Å². The number of nitrogens with one attached hydrogen (secondary N) is 1. The van der Waals surface area contributed by atoms with Crippen molar-refractivity contribution in [2.45, 2.75) is 138 Å². The lowest BCUT2D eigenvalue weighted by Gasteiger charge is -2.36. The van der Waals surface area contributed by atoms with E-state index in [1.165, 1.54) is 34.3 Å². The smallest absolute Gasteiger partial charge is 0.243 e. The topological polar surface area (TPSA) is 296 Å². The van der Waals surface area contributed by atoms with Gasteiger partial charge in [0.05, 0.1) is 63.9 Å². The van der Waals surface area contributed by atoms with Crippen molar-refractivity contribution < 1.29 is 43.2 Å². The van der Waals surface area contributed by atoms with E-state index in [9.17, 15) is 28.8 Å². The van der Waals surface area contributed by atoms with E-state index in [-0.39, 0.29) is 76.0 Å². The summed E-state index contributed by atoms with van der Waals surface area (Å²) < 4.78 is 0. The van der Waals surface area contributed by atoms with Crippen LogP contribution < -0.4 is 28.3 Å². The molecule has 3 aromatic rings. The standard InChI is InChI=1S/C69H111N13O9/c1-52(2)31-40-77(62(84)43-74-37-22-19-34-70)47-68(90)81(56(8)59-27-15-11-16-28-59)50-65(87)76(39-24-21-36-72)46-64(86)79(42-33-54(5)6)49-69(91)82(57(9)60-29-17-12-18-30-60)51-66(88)75(38-23-20-35-71)45-63(85)78(41-32-53(3)4)48-67(89)80(44-61(73)83)55(7)58-25-13-10-14-26-58/h10-18,25-30,52-57,74H,19-24,31-51,70-72H2,1-9H3,(H2,73,83)/t55-,56+,57+/m1/s1. The molecular weight excluding hydrogens is 1150 g/mol. The van der Waals surface area contributed by atoms with Crippen LogP contribution in [0.3, 0.4) is 0 Å². The number of unbranched alkanes of at least 4 members (excludes halogenated alkanes) is 3. The SMILES string of the molecule is CC(C)CCN(CC(=O)N(CC(N)=O)[C@H](C)c1ccccc1)C(=O)CN(CCCCN)C(=O)CN(C(=O)CN(CCC(C)C)C(=O)CN(CCCCN)C(=O)CN(C(=O)CN(CCC(C)C)C(=O)CNCCCCN)[C@@H](C)c1ccccc1)[C@@H](C)c1ccccc1. The molecule has 22 heteroatoms. The van der Waals surface area contributed by atoms with Crippen molar-refractivity contribution in [2.75, 3.05) is 118 Å². The second-order valence-corrected chi connectivity index (χ2v) is 25.1. The molecule has 0 bridgehead atoms. The van der Waals surface area contributed by atoms with E-state index in [2.05, 4.69) is 5.32 Å². The number of hydrogen-bond donors (Lipinski definition) is 5. The van der Waals surface area contributed by atoms with Crippen molar-refractivity contribution in [1.82, 2.24) is 44.5 Å². The van der Waals surface area contributed by atoms with Crippen molar-refractivity contribution in [3.05, 3.63) is 108 Å². The lowest BCUT2D eigenvalue weighted by molar-refractivity contribution is -0.150. The van der Waals surface area contributed by atoms with Gasteiger partial charge in [-0.25, -0.2) is 0 Å². The van der Waals surface area contributed by atoms with Crippen LogP contribution in [-0.4, -0.2) is 210 Å². The first-order chi connectivity index (χ1) is 43.4. The fourth-order valence-electron chi connectivity index (χ4n) is 10.3. The van der Waals surface area contributed by atoms with Gasteiger partial charge in [-0.15, -0.1) is 0 Å². The summed E-state index contributed by atoms with van der Waals surface area (Å²) in [6.45, 7) is 16.9. The van der Waals surface area contributed by atoms with E-state index in [1.54, 1.807) is 18.7 Å². The number of carbonyl (C=O) groups is 9. The van der Waals surface area contributed by atoms with E-state index in [4.69, 9.17) is 22.9 Å². The highest BCUT2D eigenvalue weighted by atomic mass is 16.2. The molecule has 91 heavy (non-hydrogen) atoms. The van der Waals surface area contributed by atoms with Crippen molar-refractivity contribution in [3.63, 3.8) is 0 Å². The molecule has 0 aromatic heterocycles. The quantitative estimate of drug-likeness (QED) is 0.0448. The first-order valence-corrected chi connectivity index (χ1v) is 32.9. The summed E-state index contributed by atoms with van der Waals surface area (Å²) >= 11 is 0. The summed E-state index contributed by atoms with van der Waals surface area (Å²) in [5.41, 5.74) is 25.5. The molecule has 0 spiro atoms. The Bertz CT molecular complexity index is 2670. The molecule has 0 fully saturated rings. The molecule has 0 aliphatic carbocycles. The Morgan fingerprint density at radius 2 is 0.615 bits per heavy atom. The normalized spacial score (nSPS) is 12.3. The molecular formula is C69H111N13O9. The zero-order valence-corrected chi connectivity index (χ0v) is 56.3. The van der Waals surface area contributed by atoms with Gasteiger partial charge in [0.1, 0.15) is 13.1 Å². The fraction of sp³-hybridized carbons (Fsp3) is 0.609. The summed E-state index contributed by atoms with van der Waals surface area (Å²) in [4.78, 5) is 141. The Labute approximate surface area is 543 Å². The first kappa shape index (κ1) is 78.0. The summed E-state index contributed by atoms with van der Waals surface area (Å²) in [5.74, 6) is -4.07. The summed E-state index contributed by atoms with van der Waals surface area (Å²) in [7, 11) is 0. The van der Waals surface area contributed by atoms with Gasteiger partial charge in [0, 0.05) is 32.7 Å². The van der Waals surface area contributed by atoms with E-state index >= 15 is 14.4 Å². The highest BCUT2D eigenvalue weighted by Gasteiger charge is 2.34. The van der Waals surface area contributed by atoms with E-state index < -0.39 is 98.1 Å². The molecule has 22 nitrogen and oxygen atoms in total. The van der Waals surface area contributed by atoms with E-state index in [0.29, 0.717) is 83.2 Å². The maximum absolute atomic E-state index is 15.2. The van der Waals surface area contributed by atoms with Gasteiger partial charge in [0.2, 0.25) is 53.2 Å². The highest BCUT2D eigenvalue weighted by molar-refractivity contribution is 5.94. The fourth-order valence-corrected chi connectivity index (χ4v) is 10.3. The number of nitrogens with two attached hydrogens (primary N) is 4. The molecule has 0 saturated carbocycles. The van der Waals surface area contributed by atoms with Crippen LogP contribution in [0.5, 0.6) is 0 Å². The number of primary amides is 1. The molecule has 3 atom stereocenters. The van der Waals surface area contributed by atoms with Crippen LogP contribution in [0.2, 0.25) is 0 Å². The average molecular weight is 1270 g/mol. The lowest BCUT2D eigenvalue weighted by Crippen LogP contribution is -2.53. The van der Waals surface area contributed by atoms with Gasteiger partial charge in [0.25, 0.3) is 0 Å². The second-order valence-electron chi connectivity index (χ2n) is 25.1. The van der Waals surface area contributed by atoms with Crippen molar-refractivity contribution >= 4 is 53.2 Å². The number of hydrogen-bond acceptors (Lipinski definition) is 13. The minimum Gasteiger partial charge on any atom is -0.368 e. The van der Waals surface area contributed by atoms with Crippen molar-refractivity contribution in [2.24, 2.45) is 40.7 Å². The van der Waals surface area contributed by atoms with Gasteiger partial charge < -0.3 is 67.5 Å². The molecule has 0 heterocycles. The van der Waals surface area contributed by atoms with Crippen LogP contribution in [0.4, 0.5) is 0 Å². The third-order valence-electron chi connectivity index (χ3n) is 16.3. The summed E-state index contributed by atoms with van der Waals surface area (Å²) in [6.07, 6.45) is 5.24. The summed E-state index contributed by atoms with van der Waals surface area (Å²) in [5, 5.41) is 3.18. The number of nitrogens with zero attached hydrogens (tertiary/aromatic N) is 8. The lowest BCUT2D eigenvalue weighted by atomic mass is 10.1. The number of carbonyl (C=O) groups excluding carboxylic acids is 9. The zero-order valence-electron chi connectivity index (χ0n) is 56.3. The molecule has 0 aliphatic heterocycles. The van der Waals surface area contributed by atoms with Crippen LogP contribution in [0.15, 0.2) is 91.0 Å². The van der Waals surface area contributed by atoms with E-state index in [1.807, 2.05) is 139 Å². The molecule has 3 rings (SSSR count). The van der Waals surface area contributed by atoms with Gasteiger partial charge in [0.15, 0.2) is 0 Å². The Morgan fingerprint density at radius 1 is 0.341 bits per heavy atom. The molecule has 9 amide bonds. The van der Waals surface area contributed by atoms with Gasteiger partial charge in [-0.1, -0.05) is 133 Å². The van der Waals surface area contributed by atoms with Crippen LogP contribution in [0.1, 0.15) is 155 Å². The molecule has 0 unspecified atom stereocenters. The predicted molar refractivity (Wildman–Crippen MR) is 358 cm³/mol. The number of benzene rings is 3. The van der Waals surface area contributed by atoms with Gasteiger partial charge in [-0.2, -0.15) is 0 Å². The summed E-state index contributed by atoms with van der Waals surface area (Å²) in [6, 6.07) is 25.8. The maximum atomic E-state index is 15.2. The third kappa shape index (κ3) is 28.8. The van der Waals surface area contributed by atoms with E-state index in [0.717, 1.165) is 24.0 Å². The largest absolute Gasteiger partial charge is 0.368 e. The molecule has 9 N–H and O–H groups in total. The number of rotatable bonds is 45. The average Bonchev–Trinajstić information content (AvgIpc) is 1.37. The first-order valence-electron chi connectivity index (χ1n) is 32.9. The van der Waals surface area contributed by atoms with Gasteiger partial charge in [-0.05, 0) is 139 Å². The predicted octanol–water partition coefficient (Wildman–Crippen LogP) is 5.33. The van der Waals surface area contributed by atoms with Gasteiger partial charge in [-0.3, -0.25) is 43.2 Å². The minimum atomic E-state index is -0.717.